The first kappa shape index (κ1) is 28.3. The summed E-state index contributed by atoms with van der Waals surface area (Å²) in [5.74, 6) is 1.98. The smallest absolute Gasteiger partial charge is 0.416 e. The van der Waals surface area contributed by atoms with Crippen LogP contribution in [0.3, 0.4) is 0 Å². The summed E-state index contributed by atoms with van der Waals surface area (Å²) in [5, 5.41) is 8.56. The number of hydrogen-bond acceptors (Lipinski definition) is 6. The molecule has 2 aromatic heterocycles. The average Bonchev–Trinajstić information content (AvgIpc) is 3.54. The Labute approximate surface area is 249 Å². The van der Waals surface area contributed by atoms with Crippen molar-refractivity contribution in [1.82, 2.24) is 24.6 Å². The average molecular weight is 595 g/mol. The molecule has 43 heavy (non-hydrogen) atoms. The van der Waals surface area contributed by atoms with Crippen LogP contribution in [0.1, 0.15) is 90.8 Å². The van der Waals surface area contributed by atoms with Crippen LogP contribution in [0.25, 0.3) is 0 Å². The Morgan fingerprint density at radius 3 is 2.51 bits per heavy atom. The third kappa shape index (κ3) is 5.19. The van der Waals surface area contributed by atoms with Gasteiger partial charge in [-0.05, 0) is 91.8 Å². The van der Waals surface area contributed by atoms with E-state index in [2.05, 4.69) is 28.9 Å². The Hall–Kier alpha value is -3.47. The minimum absolute atomic E-state index is 0.00501. The van der Waals surface area contributed by atoms with Gasteiger partial charge >= 0.3 is 6.18 Å². The van der Waals surface area contributed by atoms with Gasteiger partial charge in [0, 0.05) is 31.8 Å². The summed E-state index contributed by atoms with van der Waals surface area (Å²) in [5.41, 5.74) is 0.323. The number of rotatable bonds is 7. The zero-order valence-corrected chi connectivity index (χ0v) is 24.8. The van der Waals surface area contributed by atoms with Crippen LogP contribution in [-0.2, 0) is 31.7 Å². The number of ether oxygens (including phenoxy) is 1. The van der Waals surface area contributed by atoms with E-state index in [1.54, 1.807) is 12.4 Å². The molecule has 0 N–H and O–H groups in total. The molecule has 228 valence electrons. The van der Waals surface area contributed by atoms with Crippen LogP contribution in [0.5, 0.6) is 5.88 Å². The van der Waals surface area contributed by atoms with Crippen LogP contribution in [0.4, 0.5) is 19.0 Å². The summed E-state index contributed by atoms with van der Waals surface area (Å²) < 4.78 is 51.4. The Morgan fingerprint density at radius 2 is 1.86 bits per heavy atom. The molecule has 0 unspecified atom stereocenters. The quantitative estimate of drug-likeness (QED) is 0.340. The first-order valence-corrected chi connectivity index (χ1v) is 15.3. The van der Waals surface area contributed by atoms with Gasteiger partial charge in [0.25, 0.3) is 5.91 Å². The van der Waals surface area contributed by atoms with Crippen molar-refractivity contribution in [2.75, 3.05) is 18.0 Å². The fraction of sp³-hybridized carbons (Fsp3) is 0.562. The van der Waals surface area contributed by atoms with Gasteiger partial charge in [-0.2, -0.15) is 18.2 Å². The fourth-order valence-electron chi connectivity index (χ4n) is 7.40. The van der Waals surface area contributed by atoms with Gasteiger partial charge < -0.3 is 9.30 Å². The summed E-state index contributed by atoms with van der Waals surface area (Å²) in [6.07, 6.45) is 2.80. The number of carbonyl (C=O) groups excluding carboxylic acids is 1. The third-order valence-corrected chi connectivity index (χ3v) is 9.52. The molecule has 1 aromatic carbocycles. The standard InChI is InChI=1S/C32H37F3N6O2/c1-19-5-4-8-40(15-19)16-21-9-24-25(26(10-21)32(33,34)35)17-41(29(24)42)27-11-22(12-28(37-27)43-23-6-7-23)31(13-20(2)14-31)30-38-36-18-39(30)3/h9-12,18-20,23H,4-8,13-17H2,1-3H3/t19-,20?,31?/m0/s1. The molecule has 2 aliphatic heterocycles. The summed E-state index contributed by atoms with van der Waals surface area (Å²) in [6, 6.07) is 6.65. The number of alkyl halides is 3. The van der Waals surface area contributed by atoms with Crippen molar-refractivity contribution < 1.29 is 22.7 Å². The molecule has 1 amide bonds. The number of aryl methyl sites for hydroxylation is 1. The van der Waals surface area contributed by atoms with E-state index in [0.29, 0.717) is 35.6 Å². The predicted octanol–water partition coefficient (Wildman–Crippen LogP) is 5.88. The molecule has 1 saturated heterocycles. The zero-order valence-electron chi connectivity index (χ0n) is 24.8. The molecular formula is C32H37F3N6O2. The van der Waals surface area contributed by atoms with Crippen LogP contribution in [0.2, 0.25) is 0 Å². The summed E-state index contributed by atoms with van der Waals surface area (Å²) in [4.78, 5) is 22.2. The monoisotopic (exact) mass is 594 g/mol. The van der Waals surface area contributed by atoms with Crippen LogP contribution in [0.15, 0.2) is 30.6 Å². The molecule has 0 radical (unpaired) electrons. The van der Waals surface area contributed by atoms with E-state index < -0.39 is 23.1 Å². The lowest BCUT2D eigenvalue weighted by atomic mass is 9.58. The third-order valence-electron chi connectivity index (χ3n) is 9.52. The second kappa shape index (κ2) is 10.3. The molecule has 4 heterocycles. The molecule has 0 bridgehead atoms. The number of pyridine rings is 1. The number of carbonyl (C=O) groups is 1. The first-order valence-electron chi connectivity index (χ1n) is 15.3. The number of anilines is 1. The number of nitrogens with zero attached hydrogens (tertiary/aromatic N) is 6. The van der Waals surface area contributed by atoms with E-state index in [1.807, 2.05) is 23.7 Å². The van der Waals surface area contributed by atoms with Crippen LogP contribution in [-0.4, -0.2) is 49.7 Å². The van der Waals surface area contributed by atoms with Crippen LogP contribution < -0.4 is 9.64 Å². The van der Waals surface area contributed by atoms with Crippen molar-refractivity contribution >= 4 is 11.7 Å². The Kier molecular flexibility index (Phi) is 6.79. The number of fused-ring (bicyclic) bond motifs is 1. The number of aromatic nitrogens is 4. The van der Waals surface area contributed by atoms with E-state index in [9.17, 15) is 18.0 Å². The van der Waals surface area contributed by atoms with Gasteiger partial charge in [0.2, 0.25) is 5.88 Å². The molecule has 3 fully saturated rings. The van der Waals surface area contributed by atoms with Gasteiger partial charge in [0.15, 0.2) is 0 Å². The van der Waals surface area contributed by atoms with Gasteiger partial charge in [-0.25, -0.2) is 0 Å². The molecule has 4 aliphatic rings. The molecule has 8 nitrogen and oxygen atoms in total. The SMILES string of the molecule is CC1CC(c2cc(OC3CC3)nc(N3Cc4c(cc(CN5CCC[C@H](C)C5)cc4C(F)(F)F)C3=O)c2)(c2nncn2C)C1. The highest BCUT2D eigenvalue weighted by Gasteiger charge is 2.49. The molecule has 0 spiro atoms. The number of amides is 1. The van der Waals surface area contributed by atoms with Crippen molar-refractivity contribution in [1.29, 1.82) is 0 Å². The van der Waals surface area contributed by atoms with E-state index in [4.69, 9.17) is 9.72 Å². The highest BCUT2D eigenvalue weighted by atomic mass is 19.4. The summed E-state index contributed by atoms with van der Waals surface area (Å²) >= 11 is 0. The van der Waals surface area contributed by atoms with Gasteiger partial charge in [-0.3, -0.25) is 14.6 Å². The Bertz CT molecular complexity index is 1560. The van der Waals surface area contributed by atoms with Crippen molar-refractivity contribution in [2.24, 2.45) is 18.9 Å². The number of hydrogen-bond donors (Lipinski definition) is 0. The highest BCUT2D eigenvalue weighted by Crippen LogP contribution is 2.53. The number of benzene rings is 1. The largest absolute Gasteiger partial charge is 0.474 e. The fourth-order valence-corrected chi connectivity index (χ4v) is 7.40. The molecule has 2 aliphatic carbocycles. The minimum atomic E-state index is -4.58. The van der Waals surface area contributed by atoms with Crippen LogP contribution >= 0.6 is 0 Å². The maximum Gasteiger partial charge on any atom is 0.416 e. The topological polar surface area (TPSA) is 76.4 Å². The normalized spacial score (nSPS) is 26.0. The van der Waals surface area contributed by atoms with Gasteiger partial charge in [-0.15, -0.1) is 10.2 Å². The van der Waals surface area contributed by atoms with E-state index >= 15 is 0 Å². The maximum absolute atomic E-state index is 14.4. The molecule has 3 aromatic rings. The maximum atomic E-state index is 14.4. The molecular weight excluding hydrogens is 557 g/mol. The zero-order chi connectivity index (χ0) is 30.1. The van der Waals surface area contributed by atoms with Gasteiger partial charge in [0.1, 0.15) is 24.1 Å². The van der Waals surface area contributed by atoms with E-state index in [1.165, 1.54) is 11.0 Å². The van der Waals surface area contributed by atoms with Crippen molar-refractivity contribution in [3.63, 3.8) is 0 Å². The lowest BCUT2D eigenvalue weighted by Crippen LogP contribution is -2.43. The summed E-state index contributed by atoms with van der Waals surface area (Å²) in [6.45, 7) is 6.22. The van der Waals surface area contributed by atoms with Crippen LogP contribution in [0, 0.1) is 11.8 Å². The lowest BCUT2D eigenvalue weighted by molar-refractivity contribution is -0.138. The lowest BCUT2D eigenvalue weighted by Gasteiger charge is -2.46. The molecule has 7 rings (SSSR count). The highest BCUT2D eigenvalue weighted by molar-refractivity contribution is 6.10. The number of halogens is 3. The van der Waals surface area contributed by atoms with Crippen molar-refractivity contribution in [3.05, 3.63) is 64.2 Å². The molecule has 11 heteroatoms. The molecule has 1 atom stereocenters. The van der Waals surface area contributed by atoms with Gasteiger partial charge in [-0.1, -0.05) is 13.8 Å². The van der Waals surface area contributed by atoms with Crippen molar-refractivity contribution in [3.8, 4) is 5.88 Å². The first-order chi connectivity index (χ1) is 20.5. The van der Waals surface area contributed by atoms with E-state index in [-0.39, 0.29) is 23.8 Å². The second-order valence-electron chi connectivity index (χ2n) is 13.3. The minimum Gasteiger partial charge on any atom is -0.474 e. The Balaban J connectivity index is 1.28. The molecule has 2 saturated carbocycles. The predicted molar refractivity (Wildman–Crippen MR) is 154 cm³/mol. The second-order valence-corrected chi connectivity index (χ2v) is 13.3. The Morgan fingerprint density at radius 1 is 1.07 bits per heavy atom. The number of likely N-dealkylation sites (tertiary alicyclic amines) is 1. The van der Waals surface area contributed by atoms with Gasteiger partial charge in [0.05, 0.1) is 17.5 Å². The van der Waals surface area contributed by atoms with E-state index in [0.717, 1.165) is 63.0 Å². The summed E-state index contributed by atoms with van der Waals surface area (Å²) in [7, 11) is 1.91. The number of piperidine rings is 1. The van der Waals surface area contributed by atoms with Crippen molar-refractivity contribution in [2.45, 2.75) is 83.2 Å².